The Labute approximate surface area is 265 Å². The van der Waals surface area contributed by atoms with Crippen molar-refractivity contribution in [2.75, 3.05) is 4.90 Å². The van der Waals surface area contributed by atoms with Crippen LogP contribution in [0, 0.1) is 13.8 Å². The zero-order valence-corrected chi connectivity index (χ0v) is 25.8. The molecule has 0 bridgehead atoms. The normalized spacial score (nSPS) is 12.1. The second kappa shape index (κ2) is 10.7. The second-order valence-corrected chi connectivity index (χ2v) is 12.4. The number of aromatic nitrogens is 3. The monoisotopic (exact) mass is 621 g/mol. The average Bonchev–Trinajstić information content (AvgIpc) is 3.77. The van der Waals surface area contributed by atoms with Gasteiger partial charge in [-0.25, -0.2) is 4.99 Å². The van der Waals surface area contributed by atoms with Crippen molar-refractivity contribution in [1.82, 2.24) is 13.7 Å². The van der Waals surface area contributed by atoms with E-state index in [0.29, 0.717) is 33.2 Å². The molecule has 0 amide bonds. The molecule has 0 aliphatic heterocycles. The van der Waals surface area contributed by atoms with Gasteiger partial charge in [-0.3, -0.25) is 14.6 Å². The molecule has 0 aliphatic carbocycles. The van der Waals surface area contributed by atoms with Crippen molar-refractivity contribution in [2.45, 2.75) is 13.8 Å². The Bertz CT molecular complexity index is 2510. The Hall–Kier alpha value is -5.38. The van der Waals surface area contributed by atoms with E-state index in [1.807, 2.05) is 6.07 Å². The Balaban J connectivity index is 1.34. The fourth-order valence-corrected chi connectivity index (χ4v) is 7.54. The van der Waals surface area contributed by atoms with Gasteiger partial charge in [-0.05, 0) is 38.1 Å². The summed E-state index contributed by atoms with van der Waals surface area (Å²) in [5, 5.41) is 4.19. The number of fused-ring (bicyclic) bond motifs is 3. The first-order valence-electron chi connectivity index (χ1n) is 14.3. The molecule has 9 heteroatoms. The molecular weight excluding hydrogens is 599 g/mol. The van der Waals surface area contributed by atoms with Gasteiger partial charge in [0.15, 0.2) is 0 Å². The van der Waals surface area contributed by atoms with Gasteiger partial charge in [0, 0.05) is 32.9 Å². The number of pyridine rings is 1. The summed E-state index contributed by atoms with van der Waals surface area (Å²) >= 11 is 2.71. The number of anilines is 3. The molecule has 7 nitrogen and oxygen atoms in total. The van der Waals surface area contributed by atoms with E-state index in [-0.39, 0.29) is 5.36 Å². The maximum Gasteiger partial charge on any atom is 0.252 e. The highest BCUT2D eigenvalue weighted by atomic mass is 32.1. The van der Waals surface area contributed by atoms with Crippen molar-refractivity contribution >= 4 is 77.7 Å². The number of rotatable bonds is 5. The first kappa shape index (κ1) is 27.2. The van der Waals surface area contributed by atoms with E-state index < -0.39 is 10.9 Å². The third-order valence-corrected chi connectivity index (χ3v) is 9.70. The summed E-state index contributed by atoms with van der Waals surface area (Å²) in [4.78, 5) is 38.2. The molecule has 0 atom stereocenters. The largest absolute Gasteiger partial charge is 0.301 e. The smallest absolute Gasteiger partial charge is 0.252 e. The van der Waals surface area contributed by atoms with Crippen molar-refractivity contribution < 1.29 is 0 Å². The highest BCUT2D eigenvalue weighted by Gasteiger charge is 2.24. The van der Waals surface area contributed by atoms with E-state index in [2.05, 4.69) is 99.2 Å². The molecule has 0 unspecified atom stereocenters. The van der Waals surface area contributed by atoms with Gasteiger partial charge < -0.3 is 4.90 Å². The van der Waals surface area contributed by atoms with Crippen molar-refractivity contribution in [3.05, 3.63) is 140 Å². The Morgan fingerprint density at radius 2 is 1.22 bits per heavy atom. The van der Waals surface area contributed by atoms with Gasteiger partial charge in [0.2, 0.25) is 5.43 Å². The second-order valence-electron chi connectivity index (χ2n) is 10.9. The van der Waals surface area contributed by atoms with Crippen LogP contribution in [0.5, 0.6) is 0 Å². The molecule has 3 aromatic heterocycles. The molecule has 216 valence electrons. The van der Waals surface area contributed by atoms with Crippen LogP contribution < -0.4 is 21.1 Å². The standard InChI is InChI=1S/C36H23N5O2S2/c1-20-11-15-22(16-12-20)41(23-17-13-21(2)14-18-23)36-27-10-6-5-9-26(27)35(44-36)32-31-30(39-45-40-31)28(19-37-32)38-29-24-7-3-4-8-25(24)33(42)34(29)43/h3-19H,1-2H3/b38-29-. The summed E-state index contributed by atoms with van der Waals surface area (Å²) in [7, 11) is 0. The average molecular weight is 622 g/mol. The SMILES string of the molecule is Cc1ccc(N(c2ccc(C)cc2)c2sc(-c3ncc(/N=c4\c(=O)c(=O)c5ccccc45)c4nsnc34)c3ccccc23)cc1. The van der Waals surface area contributed by atoms with Gasteiger partial charge in [-0.15, -0.1) is 11.3 Å². The van der Waals surface area contributed by atoms with Crippen LogP contribution >= 0.6 is 23.1 Å². The summed E-state index contributed by atoms with van der Waals surface area (Å²) in [6.45, 7) is 4.18. The van der Waals surface area contributed by atoms with E-state index in [1.54, 1.807) is 41.8 Å². The minimum Gasteiger partial charge on any atom is -0.301 e. The number of aryl methyl sites for hydroxylation is 2. The molecule has 0 saturated heterocycles. The van der Waals surface area contributed by atoms with E-state index >= 15 is 0 Å². The summed E-state index contributed by atoms with van der Waals surface area (Å²) in [5.74, 6) is 0. The fourth-order valence-electron chi connectivity index (χ4n) is 5.67. The van der Waals surface area contributed by atoms with E-state index in [4.69, 9.17) is 4.98 Å². The molecule has 5 aromatic carbocycles. The highest BCUT2D eigenvalue weighted by Crippen LogP contribution is 2.49. The first-order chi connectivity index (χ1) is 22.0. The van der Waals surface area contributed by atoms with Gasteiger partial charge in [0.25, 0.3) is 5.43 Å². The molecule has 8 aromatic rings. The van der Waals surface area contributed by atoms with Gasteiger partial charge in [0.05, 0.1) is 22.8 Å². The van der Waals surface area contributed by atoms with Crippen molar-refractivity contribution in [3.63, 3.8) is 0 Å². The van der Waals surface area contributed by atoms with Gasteiger partial charge in [-0.2, -0.15) is 8.75 Å². The summed E-state index contributed by atoms with van der Waals surface area (Å²) < 4.78 is 9.21. The lowest BCUT2D eigenvalue weighted by Crippen LogP contribution is -2.30. The number of thiophene rings is 1. The molecule has 0 aliphatic rings. The lowest BCUT2D eigenvalue weighted by Gasteiger charge is -2.24. The van der Waals surface area contributed by atoms with Crippen LogP contribution in [0.15, 0.2) is 118 Å². The lowest BCUT2D eigenvalue weighted by atomic mass is 10.1. The van der Waals surface area contributed by atoms with Crippen molar-refractivity contribution in [1.29, 1.82) is 0 Å². The molecule has 3 heterocycles. The maximum atomic E-state index is 12.9. The zero-order chi connectivity index (χ0) is 30.7. The Kier molecular flexibility index (Phi) is 6.44. The number of hydrogen-bond donors (Lipinski definition) is 0. The summed E-state index contributed by atoms with van der Waals surface area (Å²) in [6, 6.07) is 32.3. The maximum absolute atomic E-state index is 12.9. The van der Waals surface area contributed by atoms with Crippen LogP contribution in [0.1, 0.15) is 11.1 Å². The van der Waals surface area contributed by atoms with Gasteiger partial charge in [-0.1, -0.05) is 83.9 Å². The Morgan fingerprint density at radius 1 is 0.644 bits per heavy atom. The predicted molar refractivity (Wildman–Crippen MR) is 184 cm³/mol. The molecule has 0 fully saturated rings. The molecule has 45 heavy (non-hydrogen) atoms. The lowest BCUT2D eigenvalue weighted by molar-refractivity contribution is 1.29. The highest BCUT2D eigenvalue weighted by molar-refractivity contribution is 7.21. The summed E-state index contributed by atoms with van der Waals surface area (Å²) in [6.07, 6.45) is 1.62. The third-order valence-electron chi connectivity index (χ3n) is 7.96. The minimum absolute atomic E-state index is 0.107. The van der Waals surface area contributed by atoms with Crippen LogP contribution in [-0.4, -0.2) is 13.7 Å². The van der Waals surface area contributed by atoms with Crippen LogP contribution in [0.2, 0.25) is 0 Å². The molecular formula is C36H23N5O2S2. The topological polar surface area (TPSA) is 88.4 Å². The van der Waals surface area contributed by atoms with Crippen molar-refractivity contribution in [3.8, 4) is 10.6 Å². The minimum atomic E-state index is -0.627. The number of nitrogens with zero attached hydrogens (tertiary/aromatic N) is 5. The number of hydrogen-bond acceptors (Lipinski definition) is 9. The molecule has 0 N–H and O–H groups in total. The third kappa shape index (κ3) is 4.47. The number of benzene rings is 4. The van der Waals surface area contributed by atoms with E-state index in [9.17, 15) is 9.59 Å². The molecule has 0 saturated carbocycles. The van der Waals surface area contributed by atoms with Gasteiger partial charge >= 0.3 is 0 Å². The van der Waals surface area contributed by atoms with Crippen LogP contribution in [0.25, 0.3) is 43.1 Å². The molecule has 8 rings (SSSR count). The predicted octanol–water partition coefficient (Wildman–Crippen LogP) is 8.04. The quantitative estimate of drug-likeness (QED) is 0.181. The molecule has 0 radical (unpaired) electrons. The summed E-state index contributed by atoms with van der Waals surface area (Å²) in [5.41, 5.74) is 5.55. The molecule has 0 spiro atoms. The van der Waals surface area contributed by atoms with Crippen molar-refractivity contribution in [2.24, 2.45) is 4.99 Å². The zero-order valence-electron chi connectivity index (χ0n) is 24.2. The van der Waals surface area contributed by atoms with E-state index in [0.717, 1.165) is 43.8 Å². The fraction of sp³-hybridized carbons (Fsp3) is 0.0556. The van der Waals surface area contributed by atoms with Crippen LogP contribution in [0.3, 0.4) is 0 Å². The Morgan fingerprint density at radius 3 is 1.89 bits per heavy atom. The van der Waals surface area contributed by atoms with Crippen LogP contribution in [-0.2, 0) is 0 Å². The first-order valence-corrected chi connectivity index (χ1v) is 15.9. The van der Waals surface area contributed by atoms with E-state index in [1.165, 1.54) is 11.1 Å². The van der Waals surface area contributed by atoms with Gasteiger partial charge in [0.1, 0.15) is 32.8 Å². The van der Waals surface area contributed by atoms with Crippen LogP contribution in [0.4, 0.5) is 22.1 Å².